The van der Waals surface area contributed by atoms with Crippen molar-refractivity contribution in [1.82, 2.24) is 4.90 Å². The molecule has 1 amide bonds. The Balaban J connectivity index is 2.18. The van der Waals surface area contributed by atoms with E-state index >= 15 is 0 Å². The molecule has 0 bridgehead atoms. The van der Waals surface area contributed by atoms with Gasteiger partial charge in [0.2, 0.25) is 0 Å². The Morgan fingerprint density at radius 3 is 2.42 bits per heavy atom. The van der Waals surface area contributed by atoms with E-state index in [1.807, 2.05) is 0 Å². The maximum Gasteiger partial charge on any atom is 0.295 e. The van der Waals surface area contributed by atoms with Crippen LogP contribution in [-0.2, 0) is 9.59 Å². The molecule has 0 aliphatic carbocycles. The molecule has 0 radical (unpaired) electrons. The largest absolute Gasteiger partial charge is 0.507 e. The van der Waals surface area contributed by atoms with Crippen molar-refractivity contribution < 1.29 is 24.5 Å². The number of carbonyl (C=O) groups excluding carboxylic acids is 2. The van der Waals surface area contributed by atoms with E-state index in [1.54, 1.807) is 30.3 Å². The number of ether oxygens (including phenoxy) is 1. The molecule has 1 atom stereocenters. The third-order valence-electron chi connectivity index (χ3n) is 4.31. The second-order valence-electron chi connectivity index (χ2n) is 5.85. The van der Waals surface area contributed by atoms with Crippen LogP contribution in [0.5, 0.6) is 11.5 Å². The molecular weight excluding hydrogens is 402 g/mol. The zero-order valence-electron chi connectivity index (χ0n) is 14.1. The third-order valence-corrected chi connectivity index (χ3v) is 4.84. The van der Waals surface area contributed by atoms with Gasteiger partial charge < -0.3 is 19.8 Å². The van der Waals surface area contributed by atoms with E-state index in [4.69, 9.17) is 4.74 Å². The van der Waals surface area contributed by atoms with Crippen LogP contribution in [-0.4, -0.2) is 41.0 Å². The summed E-state index contributed by atoms with van der Waals surface area (Å²) in [5.74, 6) is -1.56. The molecule has 2 aromatic rings. The van der Waals surface area contributed by atoms with E-state index in [2.05, 4.69) is 15.9 Å². The number of Topliss-reactive ketones (excluding diaryl/α,β-unsaturated/α-hetero) is 1. The molecule has 1 saturated heterocycles. The molecule has 3 rings (SSSR count). The minimum absolute atomic E-state index is 0.00688. The Morgan fingerprint density at radius 1 is 1.15 bits per heavy atom. The average molecular weight is 418 g/mol. The van der Waals surface area contributed by atoms with Crippen LogP contribution in [0.3, 0.4) is 0 Å². The molecule has 1 aliphatic heterocycles. The number of likely N-dealkylation sites (N-methyl/N-ethyl adjacent to an activating group) is 1. The van der Waals surface area contributed by atoms with E-state index in [-0.39, 0.29) is 22.8 Å². The highest BCUT2D eigenvalue weighted by Crippen LogP contribution is 2.40. The lowest BCUT2D eigenvalue weighted by Crippen LogP contribution is -2.24. The summed E-state index contributed by atoms with van der Waals surface area (Å²) in [6, 6.07) is 10.5. The molecule has 1 heterocycles. The van der Waals surface area contributed by atoms with Gasteiger partial charge in [0, 0.05) is 17.1 Å². The SMILES string of the molecule is COc1cc([C@@H]2C(=C(O)c3ccc(Br)cc3)C(=O)C(=O)N2C)ccc1O. The highest BCUT2D eigenvalue weighted by atomic mass is 79.9. The molecule has 0 spiro atoms. The summed E-state index contributed by atoms with van der Waals surface area (Å²) in [6.45, 7) is 0. The van der Waals surface area contributed by atoms with Crippen molar-refractivity contribution in [3.63, 3.8) is 0 Å². The van der Waals surface area contributed by atoms with Crippen molar-refractivity contribution >= 4 is 33.4 Å². The second kappa shape index (κ2) is 6.84. The van der Waals surface area contributed by atoms with Crippen molar-refractivity contribution in [2.24, 2.45) is 0 Å². The molecular formula is C19H16BrNO5. The number of carbonyl (C=O) groups is 2. The predicted molar refractivity (Wildman–Crippen MR) is 98.9 cm³/mol. The van der Waals surface area contributed by atoms with Crippen LogP contribution in [0.15, 0.2) is 52.5 Å². The third kappa shape index (κ3) is 2.94. The van der Waals surface area contributed by atoms with Crippen molar-refractivity contribution in [1.29, 1.82) is 0 Å². The Bertz CT molecular complexity index is 920. The molecule has 0 aromatic heterocycles. The van der Waals surface area contributed by atoms with Crippen LogP contribution in [0, 0.1) is 0 Å². The number of rotatable bonds is 3. The lowest BCUT2D eigenvalue weighted by molar-refractivity contribution is -0.139. The summed E-state index contributed by atoms with van der Waals surface area (Å²) in [4.78, 5) is 26.0. The van der Waals surface area contributed by atoms with E-state index in [0.29, 0.717) is 11.1 Å². The quantitative estimate of drug-likeness (QED) is 0.454. The normalized spacial score (nSPS) is 19.0. The number of hydrogen-bond donors (Lipinski definition) is 2. The van der Waals surface area contributed by atoms with Gasteiger partial charge in [-0.05, 0) is 29.8 Å². The van der Waals surface area contributed by atoms with Crippen LogP contribution >= 0.6 is 15.9 Å². The smallest absolute Gasteiger partial charge is 0.295 e. The maximum absolute atomic E-state index is 12.5. The molecule has 2 N–H and O–H groups in total. The first-order valence-corrected chi connectivity index (χ1v) is 8.52. The fraction of sp³-hybridized carbons (Fsp3) is 0.158. The van der Waals surface area contributed by atoms with E-state index in [1.165, 1.54) is 31.2 Å². The average Bonchev–Trinajstić information content (AvgIpc) is 2.86. The van der Waals surface area contributed by atoms with Gasteiger partial charge in [0.25, 0.3) is 11.7 Å². The lowest BCUT2D eigenvalue weighted by Gasteiger charge is -2.21. The maximum atomic E-state index is 12.5. The van der Waals surface area contributed by atoms with Gasteiger partial charge in [-0.1, -0.05) is 34.1 Å². The number of hydrogen-bond acceptors (Lipinski definition) is 5. The summed E-state index contributed by atoms with van der Waals surface area (Å²) in [5.41, 5.74) is 0.961. The molecule has 0 unspecified atom stereocenters. The molecule has 0 saturated carbocycles. The summed E-state index contributed by atoms with van der Waals surface area (Å²) >= 11 is 3.32. The highest BCUT2D eigenvalue weighted by Gasteiger charge is 2.44. The first-order valence-electron chi connectivity index (χ1n) is 7.72. The summed E-state index contributed by atoms with van der Waals surface area (Å²) < 4.78 is 5.93. The van der Waals surface area contributed by atoms with Crippen molar-refractivity contribution in [3.8, 4) is 11.5 Å². The Kier molecular flexibility index (Phi) is 4.73. The van der Waals surface area contributed by atoms with Gasteiger partial charge in [0.05, 0.1) is 18.7 Å². The number of phenolic OH excluding ortho intramolecular Hbond substituents is 1. The van der Waals surface area contributed by atoms with Crippen LogP contribution in [0.2, 0.25) is 0 Å². The van der Waals surface area contributed by atoms with Crippen molar-refractivity contribution in [2.45, 2.75) is 6.04 Å². The molecule has 26 heavy (non-hydrogen) atoms. The number of amides is 1. The summed E-state index contributed by atoms with van der Waals surface area (Å²) in [7, 11) is 2.90. The number of ketones is 1. The van der Waals surface area contributed by atoms with Gasteiger partial charge in [-0.3, -0.25) is 9.59 Å². The zero-order chi connectivity index (χ0) is 19.0. The number of halogens is 1. The van der Waals surface area contributed by atoms with E-state index in [0.717, 1.165) is 4.47 Å². The molecule has 1 aliphatic rings. The van der Waals surface area contributed by atoms with Gasteiger partial charge in [-0.15, -0.1) is 0 Å². The van der Waals surface area contributed by atoms with E-state index in [9.17, 15) is 19.8 Å². The lowest BCUT2D eigenvalue weighted by atomic mass is 9.95. The number of methoxy groups -OCH3 is 1. The van der Waals surface area contributed by atoms with Crippen LogP contribution < -0.4 is 4.74 Å². The minimum atomic E-state index is -0.784. The van der Waals surface area contributed by atoms with E-state index < -0.39 is 17.7 Å². The molecule has 7 heteroatoms. The number of aliphatic hydroxyl groups excluding tert-OH is 1. The van der Waals surface area contributed by atoms with Crippen LogP contribution in [0.25, 0.3) is 5.76 Å². The van der Waals surface area contributed by atoms with Gasteiger partial charge in [0.15, 0.2) is 11.5 Å². The second-order valence-corrected chi connectivity index (χ2v) is 6.76. The van der Waals surface area contributed by atoms with Crippen LogP contribution in [0.1, 0.15) is 17.2 Å². The standard InChI is InChI=1S/C19H16BrNO5/c1-21-16(11-5-8-13(22)14(9-11)26-2)15(18(24)19(21)25)17(23)10-3-6-12(20)7-4-10/h3-9,16,22-23H,1-2H3/t16-/m1/s1. The zero-order valence-corrected chi connectivity index (χ0v) is 15.6. The Hall–Kier alpha value is -2.80. The predicted octanol–water partition coefficient (Wildman–Crippen LogP) is 3.21. The van der Waals surface area contributed by atoms with Gasteiger partial charge in [-0.25, -0.2) is 0 Å². The highest BCUT2D eigenvalue weighted by molar-refractivity contribution is 9.10. The number of likely N-dealkylation sites (tertiary alicyclic amines) is 1. The number of aromatic hydroxyl groups is 1. The molecule has 6 nitrogen and oxygen atoms in total. The van der Waals surface area contributed by atoms with Gasteiger partial charge >= 0.3 is 0 Å². The topological polar surface area (TPSA) is 87.1 Å². The number of phenols is 1. The minimum Gasteiger partial charge on any atom is -0.507 e. The fourth-order valence-electron chi connectivity index (χ4n) is 2.97. The first kappa shape index (κ1) is 18.0. The van der Waals surface area contributed by atoms with Crippen LogP contribution in [0.4, 0.5) is 0 Å². The Morgan fingerprint density at radius 2 is 1.81 bits per heavy atom. The number of benzene rings is 2. The first-order chi connectivity index (χ1) is 12.3. The Labute approximate surface area is 158 Å². The van der Waals surface area contributed by atoms with Crippen molar-refractivity contribution in [3.05, 3.63) is 63.6 Å². The van der Waals surface area contributed by atoms with Gasteiger partial charge in [0.1, 0.15) is 5.76 Å². The number of nitrogens with zero attached hydrogens (tertiary/aromatic N) is 1. The number of aliphatic hydroxyl groups is 1. The molecule has 134 valence electrons. The van der Waals surface area contributed by atoms with Crippen molar-refractivity contribution in [2.75, 3.05) is 14.2 Å². The fourth-order valence-corrected chi connectivity index (χ4v) is 3.23. The van der Waals surface area contributed by atoms with Gasteiger partial charge in [-0.2, -0.15) is 0 Å². The summed E-state index contributed by atoms with van der Waals surface area (Å²) in [5, 5.41) is 20.5. The molecule has 2 aromatic carbocycles. The monoisotopic (exact) mass is 417 g/mol. The summed E-state index contributed by atoms with van der Waals surface area (Å²) in [6.07, 6.45) is 0. The molecule has 1 fully saturated rings.